The number of nitrogens with zero attached hydrogens (tertiary/aromatic N) is 5. The molecule has 15 nitrogen and oxygen atoms in total. The van der Waals surface area contributed by atoms with Crippen molar-refractivity contribution >= 4 is 57.0 Å². The summed E-state index contributed by atoms with van der Waals surface area (Å²) in [5, 5.41) is 21.7. The number of hydrogen-bond donors (Lipinski definition) is 4. The van der Waals surface area contributed by atoms with Gasteiger partial charge in [-0.25, -0.2) is 4.39 Å². The molecular weight excluding hydrogens is 1020 g/mol. The number of pyridine rings is 2. The molecule has 2 fully saturated rings. The Morgan fingerprint density at radius 1 is 0.649 bits per heavy atom. The van der Waals surface area contributed by atoms with Gasteiger partial charge < -0.3 is 31.1 Å². The van der Waals surface area contributed by atoms with E-state index in [1.54, 1.807) is 29.1 Å². The Kier molecular flexibility index (Phi) is 23.3. The fourth-order valence-corrected chi connectivity index (χ4v) is 8.43. The van der Waals surface area contributed by atoms with E-state index >= 15 is 0 Å². The smallest absolute Gasteiger partial charge is 0.350 e. The van der Waals surface area contributed by atoms with E-state index < -0.39 is 94.7 Å². The molecule has 6 amide bonds. The predicted octanol–water partition coefficient (Wildman–Crippen LogP) is 9.47. The molecule has 6 rings (SSSR count). The summed E-state index contributed by atoms with van der Waals surface area (Å²) in [4.78, 5) is 86.5. The summed E-state index contributed by atoms with van der Waals surface area (Å²) in [5.74, 6) is -7.45. The molecular formula is C55H72F7N9O6. The molecule has 422 valence electrons. The van der Waals surface area contributed by atoms with Gasteiger partial charge in [0.2, 0.25) is 23.6 Å². The van der Waals surface area contributed by atoms with E-state index in [1.165, 1.54) is 88.7 Å². The molecule has 0 bridgehead atoms. The molecule has 0 aliphatic carbocycles. The lowest BCUT2D eigenvalue weighted by atomic mass is 9.85. The van der Waals surface area contributed by atoms with Gasteiger partial charge in [0, 0.05) is 60.8 Å². The van der Waals surface area contributed by atoms with Crippen LogP contribution in [0.25, 0.3) is 21.5 Å². The first-order valence-electron chi connectivity index (χ1n) is 25.6. The summed E-state index contributed by atoms with van der Waals surface area (Å²) in [6, 6.07) is 6.12. The normalized spacial score (nSPS) is 16.7. The first-order chi connectivity index (χ1) is 35.9. The highest BCUT2D eigenvalue weighted by atomic mass is 19.4. The van der Waals surface area contributed by atoms with Crippen molar-refractivity contribution in [3.63, 3.8) is 0 Å². The van der Waals surface area contributed by atoms with Crippen molar-refractivity contribution in [3.05, 3.63) is 83.7 Å². The highest BCUT2D eigenvalue weighted by Gasteiger charge is 2.48. The molecule has 2 aromatic heterocycles. The Balaban J connectivity index is 0.000000369. The van der Waals surface area contributed by atoms with Gasteiger partial charge in [0.05, 0.1) is 6.07 Å². The molecule has 2 aliphatic rings. The molecule has 77 heavy (non-hydrogen) atoms. The molecule has 0 saturated carbocycles. The van der Waals surface area contributed by atoms with Crippen LogP contribution in [0.2, 0.25) is 0 Å². The summed E-state index contributed by atoms with van der Waals surface area (Å²) < 4.78 is 90.6. The average molecular weight is 1090 g/mol. The van der Waals surface area contributed by atoms with E-state index in [1.807, 2.05) is 25.1 Å². The molecule has 2 aliphatic heterocycles. The minimum absolute atomic E-state index is 0.0703. The number of nitrogens with one attached hydrogen (secondary N) is 4. The number of aryl methyl sites for hydroxylation is 1. The summed E-state index contributed by atoms with van der Waals surface area (Å²) in [5.41, 5.74) is 0.160. The van der Waals surface area contributed by atoms with Crippen LogP contribution in [0.1, 0.15) is 137 Å². The first kappa shape index (κ1) is 64.4. The first-order valence-corrected chi connectivity index (χ1v) is 25.6. The van der Waals surface area contributed by atoms with Gasteiger partial charge >= 0.3 is 24.2 Å². The van der Waals surface area contributed by atoms with E-state index in [0.717, 1.165) is 22.8 Å². The summed E-state index contributed by atoms with van der Waals surface area (Å²) in [6.45, 7) is 20.1. The van der Waals surface area contributed by atoms with Crippen molar-refractivity contribution in [2.45, 2.75) is 170 Å². The topological polar surface area (TPSA) is 207 Å². The van der Waals surface area contributed by atoms with Crippen molar-refractivity contribution in [2.75, 3.05) is 13.1 Å². The summed E-state index contributed by atoms with van der Waals surface area (Å²) in [6.07, 6.45) is 0.788. The summed E-state index contributed by atoms with van der Waals surface area (Å²) >= 11 is 0. The Hall–Kier alpha value is -6.92. The fraction of sp³-hybridized carbons (Fsp3) is 0.545. The van der Waals surface area contributed by atoms with Crippen LogP contribution in [-0.4, -0.2) is 105 Å². The zero-order valence-corrected chi connectivity index (χ0v) is 45.6. The van der Waals surface area contributed by atoms with Gasteiger partial charge in [0.1, 0.15) is 36.0 Å². The lowest BCUT2D eigenvalue weighted by Crippen LogP contribution is -2.59. The van der Waals surface area contributed by atoms with Gasteiger partial charge in [-0.2, -0.15) is 31.6 Å². The Bertz CT molecular complexity index is 2730. The quantitative estimate of drug-likeness (QED) is 0.105. The highest BCUT2D eigenvalue weighted by molar-refractivity contribution is 5.96. The van der Waals surface area contributed by atoms with Crippen molar-refractivity contribution in [3.8, 4) is 6.07 Å². The number of fused-ring (bicyclic) bond motifs is 2. The van der Waals surface area contributed by atoms with Crippen molar-refractivity contribution in [2.24, 2.45) is 10.8 Å². The van der Waals surface area contributed by atoms with Crippen molar-refractivity contribution in [1.29, 1.82) is 5.26 Å². The van der Waals surface area contributed by atoms with Crippen molar-refractivity contribution < 1.29 is 59.5 Å². The number of alkyl halides is 6. The number of carbonyl (C=O) groups excluding carboxylic acids is 6. The summed E-state index contributed by atoms with van der Waals surface area (Å²) in [7, 11) is 0. The van der Waals surface area contributed by atoms with Gasteiger partial charge in [-0.15, -0.1) is 0 Å². The van der Waals surface area contributed by atoms with Gasteiger partial charge in [0.25, 0.3) is 0 Å². The molecule has 22 heteroatoms. The second kappa shape index (κ2) is 27.9. The number of amides is 6. The lowest BCUT2D eigenvalue weighted by Gasteiger charge is -2.35. The predicted molar refractivity (Wildman–Crippen MR) is 277 cm³/mol. The van der Waals surface area contributed by atoms with Crippen LogP contribution in [0.4, 0.5) is 30.7 Å². The molecule has 0 spiro atoms. The second-order valence-corrected chi connectivity index (χ2v) is 20.9. The molecule has 4 N–H and O–H groups in total. The minimum atomic E-state index is -5.16. The fourth-order valence-electron chi connectivity index (χ4n) is 8.43. The zero-order valence-electron chi connectivity index (χ0n) is 45.6. The molecule has 3 unspecified atom stereocenters. The third-order valence-corrected chi connectivity index (χ3v) is 12.2. The zero-order chi connectivity index (χ0) is 58.2. The number of aromatic nitrogens is 2. The van der Waals surface area contributed by atoms with Crippen LogP contribution >= 0.6 is 0 Å². The maximum absolute atomic E-state index is 13.5. The minimum Gasteiger partial charge on any atom is -0.350 e. The maximum atomic E-state index is 13.5. The van der Waals surface area contributed by atoms with Crippen LogP contribution in [-0.2, 0) is 41.7 Å². The van der Waals surface area contributed by atoms with E-state index in [4.69, 9.17) is 0 Å². The van der Waals surface area contributed by atoms with Gasteiger partial charge in [-0.3, -0.25) is 38.7 Å². The number of hydrogen-bond acceptors (Lipinski definition) is 9. The van der Waals surface area contributed by atoms with Crippen molar-refractivity contribution in [1.82, 2.24) is 41.0 Å². The molecule has 4 aromatic rings. The van der Waals surface area contributed by atoms with Crippen LogP contribution in [0, 0.1) is 28.0 Å². The van der Waals surface area contributed by atoms with E-state index in [2.05, 4.69) is 54.4 Å². The number of halogens is 7. The maximum Gasteiger partial charge on any atom is 0.471 e. The number of benzene rings is 2. The van der Waals surface area contributed by atoms with E-state index in [-0.39, 0.29) is 26.1 Å². The number of carbonyl (C=O) groups is 6. The Morgan fingerprint density at radius 2 is 1.10 bits per heavy atom. The third-order valence-electron chi connectivity index (χ3n) is 12.2. The van der Waals surface area contributed by atoms with Crippen LogP contribution < -0.4 is 21.3 Å². The number of likely N-dealkylation sites (tertiary alicyclic amines) is 2. The molecule has 2 saturated heterocycles. The molecule has 4 heterocycles. The van der Waals surface area contributed by atoms with Crippen LogP contribution in [0.15, 0.2) is 61.2 Å². The van der Waals surface area contributed by atoms with Gasteiger partial charge in [-0.1, -0.05) is 107 Å². The van der Waals surface area contributed by atoms with E-state index in [0.29, 0.717) is 41.2 Å². The monoisotopic (exact) mass is 1090 g/mol. The number of nitriles is 1. The third kappa shape index (κ3) is 17.8. The Labute approximate surface area is 445 Å². The second-order valence-electron chi connectivity index (χ2n) is 20.9. The largest absolute Gasteiger partial charge is 0.471 e. The van der Waals surface area contributed by atoms with Gasteiger partial charge in [-0.05, 0) is 83.0 Å². The SMILES string of the molecule is CC(C)(C)[C@H](NC(=O)C(F)(F)F)C(=O)N1CCCC1C(=O)NCc1cncc2cc(F)ccc12.CCC.CCC.CCc1ccc2c(C(C#N)NC(=O)C3CCCN3C(=O)[C@@H](NC(=O)C(F)(F)F)C(C)(C)C)cncc2c1. The standard InChI is InChI=1S/C26H30F3N5O3.C23H26F4N4O3.2C3H8/c1-5-15-8-9-17-16(11-15)13-31-14-18(17)19(12-30)32-22(35)20-7-6-10-34(20)23(36)21(25(2,3)4)33-24(37)26(27,28)29;1-22(2,3)18(30-21(34)23(25,26)27)20(33)31-8-4-5-17(31)19(32)29-12-14-11-28-10-13-9-15(24)6-7-16(13)14;2*1-3-2/h8-9,11,13-14,19-21H,5-7,10H2,1-4H3,(H,32,35)(H,33,37);6-7,9-11,17-18H,4-5,8,12H2,1-3H3,(H,29,32)(H,30,34);2*3H2,1-2H3/t19?,20?,21-;17?,18-;;/m11../s1. The molecule has 0 radical (unpaired) electrons. The Morgan fingerprint density at radius 3 is 1.56 bits per heavy atom. The molecule has 2 aromatic carbocycles. The average Bonchev–Trinajstić information content (AvgIpc) is 4.06. The lowest BCUT2D eigenvalue weighted by molar-refractivity contribution is -0.176. The van der Waals surface area contributed by atoms with Crippen LogP contribution in [0.5, 0.6) is 0 Å². The highest BCUT2D eigenvalue weighted by Crippen LogP contribution is 2.31. The van der Waals surface area contributed by atoms with Gasteiger partial charge in [0.15, 0.2) is 0 Å². The number of rotatable bonds is 11. The molecule has 5 atom stereocenters. The van der Waals surface area contributed by atoms with E-state index in [9.17, 15) is 64.8 Å². The van der Waals surface area contributed by atoms with Crippen LogP contribution in [0.3, 0.4) is 0 Å².